The van der Waals surface area contributed by atoms with E-state index in [0.717, 1.165) is 19.5 Å². The number of nitrogens with zero attached hydrogens (tertiary/aromatic N) is 1. The molecule has 6 nitrogen and oxygen atoms in total. The van der Waals surface area contributed by atoms with Crippen molar-refractivity contribution in [2.75, 3.05) is 31.1 Å². The lowest BCUT2D eigenvalue weighted by Crippen LogP contribution is -2.53. The number of carbonyl (C=O) groups excluding carboxylic acids is 1. The first-order valence-electron chi connectivity index (χ1n) is 7.18. The Hall–Kier alpha value is -0.660. The van der Waals surface area contributed by atoms with Gasteiger partial charge in [-0.2, -0.15) is 0 Å². The van der Waals surface area contributed by atoms with Crippen molar-refractivity contribution in [3.63, 3.8) is 0 Å². The van der Waals surface area contributed by atoms with Crippen LogP contribution in [0, 0.1) is 5.92 Å². The van der Waals surface area contributed by atoms with Crippen LogP contribution in [0.1, 0.15) is 26.7 Å². The minimum Gasteiger partial charge on any atom is -0.349 e. The lowest BCUT2D eigenvalue weighted by atomic mass is 9.95. The molecule has 2 rings (SSSR count). The topological polar surface area (TPSA) is 92.5 Å². The molecule has 1 amide bonds. The molecule has 0 radical (unpaired) electrons. The maximum Gasteiger partial charge on any atom is 0.234 e. The Kier molecular flexibility index (Phi) is 4.41. The lowest BCUT2D eigenvalue weighted by Gasteiger charge is -2.35. The second-order valence-corrected chi connectivity index (χ2v) is 8.80. The molecule has 7 heteroatoms. The normalized spacial score (nSPS) is 37.8. The fraction of sp³-hybridized carbons (Fsp3) is 0.923. The summed E-state index contributed by atoms with van der Waals surface area (Å²) in [6.45, 7) is 5.88. The summed E-state index contributed by atoms with van der Waals surface area (Å²) in [6, 6.07) is 0.215. The standard InChI is InChI=1S/C13H25N3O3S/c1-10-7-16(5-3-11(10)14)8-12(17)15-13(2)4-6-20(18,19)9-13/h10-11H,3-9,14H2,1-2H3,(H,15,17). The Morgan fingerprint density at radius 3 is 2.75 bits per heavy atom. The molecule has 20 heavy (non-hydrogen) atoms. The van der Waals surface area contributed by atoms with Crippen LogP contribution in [-0.4, -0.2) is 61.9 Å². The third-order valence-electron chi connectivity index (χ3n) is 4.37. The minimum absolute atomic E-state index is 0.0486. The fourth-order valence-corrected chi connectivity index (χ4v) is 5.18. The molecule has 0 bridgehead atoms. The zero-order valence-corrected chi connectivity index (χ0v) is 13.1. The van der Waals surface area contributed by atoms with Crippen LogP contribution < -0.4 is 11.1 Å². The van der Waals surface area contributed by atoms with Crippen LogP contribution in [-0.2, 0) is 14.6 Å². The van der Waals surface area contributed by atoms with Gasteiger partial charge in [0.05, 0.1) is 23.6 Å². The molecule has 0 aromatic carbocycles. The second-order valence-electron chi connectivity index (χ2n) is 6.62. The number of sulfone groups is 1. The van der Waals surface area contributed by atoms with E-state index in [9.17, 15) is 13.2 Å². The predicted octanol–water partition coefficient (Wildman–Crippen LogP) is -0.651. The maximum atomic E-state index is 12.1. The number of carbonyl (C=O) groups is 1. The van der Waals surface area contributed by atoms with Gasteiger partial charge in [-0.1, -0.05) is 6.92 Å². The van der Waals surface area contributed by atoms with Gasteiger partial charge >= 0.3 is 0 Å². The van der Waals surface area contributed by atoms with Crippen molar-refractivity contribution < 1.29 is 13.2 Å². The zero-order chi connectivity index (χ0) is 15.0. The molecule has 3 unspecified atom stereocenters. The second kappa shape index (κ2) is 5.61. The van der Waals surface area contributed by atoms with Crippen LogP contribution in [0.5, 0.6) is 0 Å². The van der Waals surface area contributed by atoms with Crippen molar-refractivity contribution in [3.8, 4) is 0 Å². The summed E-state index contributed by atoms with van der Waals surface area (Å²) in [5.74, 6) is 0.512. The van der Waals surface area contributed by atoms with E-state index in [1.54, 1.807) is 0 Å². The maximum absolute atomic E-state index is 12.1. The Balaban J connectivity index is 1.84. The summed E-state index contributed by atoms with van der Waals surface area (Å²) in [6.07, 6.45) is 1.41. The molecule has 3 atom stereocenters. The van der Waals surface area contributed by atoms with Crippen LogP contribution in [0.4, 0.5) is 0 Å². The van der Waals surface area contributed by atoms with Gasteiger partial charge in [-0.05, 0) is 25.7 Å². The molecule has 2 aliphatic rings. The smallest absolute Gasteiger partial charge is 0.234 e. The SMILES string of the molecule is CC1CN(CC(=O)NC2(C)CCS(=O)(=O)C2)CCC1N. The number of hydrogen-bond donors (Lipinski definition) is 2. The van der Waals surface area contributed by atoms with E-state index in [1.807, 2.05) is 6.92 Å². The van der Waals surface area contributed by atoms with E-state index in [2.05, 4.69) is 17.1 Å². The number of amides is 1. The van der Waals surface area contributed by atoms with E-state index in [0.29, 0.717) is 18.9 Å². The number of nitrogens with two attached hydrogens (primary N) is 1. The molecule has 3 N–H and O–H groups in total. The van der Waals surface area contributed by atoms with Gasteiger partial charge in [0.2, 0.25) is 5.91 Å². The molecule has 2 fully saturated rings. The van der Waals surface area contributed by atoms with Crippen molar-refractivity contribution in [1.82, 2.24) is 10.2 Å². The molecule has 2 saturated heterocycles. The summed E-state index contributed by atoms with van der Waals surface area (Å²) in [7, 11) is -2.99. The van der Waals surface area contributed by atoms with Crippen LogP contribution in [0.15, 0.2) is 0 Å². The van der Waals surface area contributed by atoms with Crippen molar-refractivity contribution in [3.05, 3.63) is 0 Å². The largest absolute Gasteiger partial charge is 0.349 e. The van der Waals surface area contributed by atoms with Crippen molar-refractivity contribution >= 4 is 15.7 Å². The van der Waals surface area contributed by atoms with Crippen molar-refractivity contribution in [1.29, 1.82) is 0 Å². The van der Waals surface area contributed by atoms with Crippen LogP contribution in [0.3, 0.4) is 0 Å². The highest BCUT2D eigenvalue weighted by atomic mass is 32.2. The molecular formula is C13H25N3O3S. The van der Waals surface area contributed by atoms with Gasteiger partial charge in [0, 0.05) is 19.1 Å². The third kappa shape index (κ3) is 3.93. The average molecular weight is 303 g/mol. The molecule has 2 aliphatic heterocycles. The number of rotatable bonds is 3. The quantitative estimate of drug-likeness (QED) is 0.723. The number of likely N-dealkylation sites (tertiary alicyclic amines) is 1. The van der Waals surface area contributed by atoms with Gasteiger partial charge in [-0.15, -0.1) is 0 Å². The molecule has 0 aromatic rings. The van der Waals surface area contributed by atoms with Crippen LogP contribution >= 0.6 is 0 Å². The van der Waals surface area contributed by atoms with Gasteiger partial charge < -0.3 is 11.1 Å². The molecule has 0 saturated carbocycles. The van der Waals surface area contributed by atoms with Gasteiger partial charge in [-0.25, -0.2) is 8.42 Å². The lowest BCUT2D eigenvalue weighted by molar-refractivity contribution is -0.124. The van der Waals surface area contributed by atoms with Crippen molar-refractivity contribution in [2.45, 2.75) is 38.3 Å². The minimum atomic E-state index is -2.99. The van der Waals surface area contributed by atoms with Gasteiger partial charge in [0.25, 0.3) is 0 Å². The van der Waals surface area contributed by atoms with E-state index < -0.39 is 15.4 Å². The Morgan fingerprint density at radius 1 is 1.50 bits per heavy atom. The van der Waals surface area contributed by atoms with Gasteiger partial charge in [0.1, 0.15) is 0 Å². The Bertz CT molecular complexity index is 479. The first-order valence-corrected chi connectivity index (χ1v) is 9.01. The summed E-state index contributed by atoms with van der Waals surface area (Å²) >= 11 is 0. The molecule has 2 heterocycles. The van der Waals surface area contributed by atoms with Gasteiger partial charge in [-0.3, -0.25) is 9.69 Å². The summed E-state index contributed by atoms with van der Waals surface area (Å²) in [5, 5.41) is 2.89. The highest BCUT2D eigenvalue weighted by molar-refractivity contribution is 7.91. The monoisotopic (exact) mass is 303 g/mol. The first-order chi connectivity index (χ1) is 9.19. The highest BCUT2D eigenvalue weighted by Crippen LogP contribution is 2.23. The van der Waals surface area contributed by atoms with Crippen LogP contribution in [0.25, 0.3) is 0 Å². The molecule has 116 valence electrons. The molecule has 0 aliphatic carbocycles. The van der Waals surface area contributed by atoms with E-state index in [1.165, 1.54) is 0 Å². The van der Waals surface area contributed by atoms with Gasteiger partial charge in [0.15, 0.2) is 9.84 Å². The van der Waals surface area contributed by atoms with Crippen molar-refractivity contribution in [2.24, 2.45) is 11.7 Å². The van der Waals surface area contributed by atoms with E-state index in [4.69, 9.17) is 5.73 Å². The fourth-order valence-electron chi connectivity index (χ4n) is 3.08. The molecule has 0 aromatic heterocycles. The third-order valence-corrected chi connectivity index (χ3v) is 6.27. The summed E-state index contributed by atoms with van der Waals surface area (Å²) in [4.78, 5) is 14.2. The number of piperidine rings is 1. The number of nitrogens with one attached hydrogen (secondary N) is 1. The number of hydrogen-bond acceptors (Lipinski definition) is 5. The Labute approximate surface area is 121 Å². The first kappa shape index (κ1) is 15.7. The average Bonchev–Trinajstić information content (AvgIpc) is 2.57. The highest BCUT2D eigenvalue weighted by Gasteiger charge is 2.39. The van der Waals surface area contributed by atoms with Crippen LogP contribution in [0.2, 0.25) is 0 Å². The predicted molar refractivity (Wildman–Crippen MR) is 78.0 cm³/mol. The zero-order valence-electron chi connectivity index (χ0n) is 12.3. The molecule has 0 spiro atoms. The molecular weight excluding hydrogens is 278 g/mol. The summed E-state index contributed by atoms with van der Waals surface area (Å²) < 4.78 is 23.0. The Morgan fingerprint density at radius 2 is 2.20 bits per heavy atom. The van der Waals surface area contributed by atoms with E-state index in [-0.39, 0.29) is 23.5 Å². The summed E-state index contributed by atoms with van der Waals surface area (Å²) in [5.41, 5.74) is 5.36. The van der Waals surface area contributed by atoms with E-state index >= 15 is 0 Å².